The van der Waals surface area contributed by atoms with E-state index in [2.05, 4.69) is 17.1 Å². The zero-order chi connectivity index (χ0) is 11.7. The van der Waals surface area contributed by atoms with Crippen molar-refractivity contribution in [1.82, 2.24) is 10.2 Å². The van der Waals surface area contributed by atoms with E-state index >= 15 is 0 Å². The van der Waals surface area contributed by atoms with Crippen LogP contribution in [-0.2, 0) is 9.53 Å². The van der Waals surface area contributed by atoms with Crippen molar-refractivity contribution >= 4 is 5.91 Å². The largest absolute Gasteiger partial charge is 0.380 e. The van der Waals surface area contributed by atoms with Gasteiger partial charge < -0.3 is 10.1 Å². The minimum absolute atomic E-state index is 0.0864. The molecule has 15 heavy (non-hydrogen) atoms. The summed E-state index contributed by atoms with van der Waals surface area (Å²) in [7, 11) is 0. The zero-order valence-electron chi connectivity index (χ0n) is 10.4. The Balaban J connectivity index is 3.72. The Morgan fingerprint density at radius 1 is 1.40 bits per heavy atom. The number of amides is 1. The molecular formula is C11H24N2O2. The normalized spacial score (nSPS) is 11.1. The Hall–Kier alpha value is -0.610. The van der Waals surface area contributed by atoms with Crippen molar-refractivity contribution in [2.24, 2.45) is 0 Å². The molecule has 1 amide bonds. The predicted molar refractivity (Wildman–Crippen MR) is 61.9 cm³/mol. The molecule has 0 unspecified atom stereocenters. The van der Waals surface area contributed by atoms with Crippen molar-refractivity contribution < 1.29 is 9.53 Å². The van der Waals surface area contributed by atoms with Crippen LogP contribution in [0, 0.1) is 0 Å². The maximum atomic E-state index is 11.5. The molecule has 0 fully saturated rings. The van der Waals surface area contributed by atoms with Gasteiger partial charge in [-0.15, -0.1) is 0 Å². The maximum absolute atomic E-state index is 11.5. The van der Waals surface area contributed by atoms with Crippen LogP contribution in [0.5, 0.6) is 0 Å². The monoisotopic (exact) mass is 216 g/mol. The molecule has 0 rings (SSSR count). The zero-order valence-corrected chi connectivity index (χ0v) is 10.4. The van der Waals surface area contributed by atoms with Gasteiger partial charge >= 0.3 is 0 Å². The highest BCUT2D eigenvalue weighted by Crippen LogP contribution is 1.89. The van der Waals surface area contributed by atoms with Crippen LogP contribution in [0.25, 0.3) is 0 Å². The number of likely N-dealkylation sites (N-methyl/N-ethyl adjacent to an activating group) is 1. The first-order valence-electron chi connectivity index (χ1n) is 5.69. The molecule has 0 aromatic rings. The molecular weight excluding hydrogens is 192 g/mol. The van der Waals surface area contributed by atoms with Crippen LogP contribution < -0.4 is 5.32 Å². The van der Waals surface area contributed by atoms with Crippen molar-refractivity contribution in [3.63, 3.8) is 0 Å². The minimum Gasteiger partial charge on any atom is -0.380 e. The fourth-order valence-electron chi connectivity index (χ4n) is 1.26. The van der Waals surface area contributed by atoms with Crippen LogP contribution in [0.15, 0.2) is 0 Å². The molecule has 0 radical (unpaired) electrons. The highest BCUT2D eigenvalue weighted by Gasteiger charge is 2.09. The van der Waals surface area contributed by atoms with E-state index < -0.39 is 0 Å². The number of hydrogen-bond acceptors (Lipinski definition) is 3. The highest BCUT2D eigenvalue weighted by molar-refractivity contribution is 5.78. The summed E-state index contributed by atoms with van der Waals surface area (Å²) in [5, 5.41) is 2.88. The number of carbonyl (C=O) groups excluding carboxylic acids is 1. The molecule has 4 heteroatoms. The SMILES string of the molecule is CCOCCN(CC)CC(=O)NC(C)C. The van der Waals surface area contributed by atoms with Crippen LogP contribution in [0.4, 0.5) is 0 Å². The number of nitrogens with one attached hydrogen (secondary N) is 1. The number of nitrogens with zero attached hydrogens (tertiary/aromatic N) is 1. The average molecular weight is 216 g/mol. The molecule has 1 N–H and O–H groups in total. The summed E-state index contributed by atoms with van der Waals surface area (Å²) in [5.41, 5.74) is 0. The summed E-state index contributed by atoms with van der Waals surface area (Å²) in [5.74, 6) is 0.0864. The van der Waals surface area contributed by atoms with Crippen LogP contribution in [0.3, 0.4) is 0 Å². The molecule has 0 heterocycles. The van der Waals surface area contributed by atoms with Gasteiger partial charge in [-0.1, -0.05) is 6.92 Å². The van der Waals surface area contributed by atoms with Crippen LogP contribution in [0.2, 0.25) is 0 Å². The Kier molecular flexibility index (Phi) is 8.33. The molecule has 0 saturated carbocycles. The Labute approximate surface area is 93.0 Å². The number of hydrogen-bond donors (Lipinski definition) is 1. The van der Waals surface area contributed by atoms with Gasteiger partial charge in [0.2, 0.25) is 5.91 Å². The number of rotatable bonds is 8. The van der Waals surface area contributed by atoms with E-state index in [0.29, 0.717) is 13.2 Å². The van der Waals surface area contributed by atoms with Gasteiger partial charge in [-0.2, -0.15) is 0 Å². The van der Waals surface area contributed by atoms with Crippen molar-refractivity contribution in [2.45, 2.75) is 33.7 Å². The smallest absolute Gasteiger partial charge is 0.234 e. The molecule has 0 bridgehead atoms. The molecule has 0 atom stereocenters. The van der Waals surface area contributed by atoms with Gasteiger partial charge in [-0.05, 0) is 27.3 Å². The van der Waals surface area contributed by atoms with Gasteiger partial charge in [-0.3, -0.25) is 9.69 Å². The molecule has 0 aromatic heterocycles. The molecule has 0 aromatic carbocycles. The molecule has 0 aliphatic rings. The highest BCUT2D eigenvalue weighted by atomic mass is 16.5. The van der Waals surface area contributed by atoms with Gasteiger partial charge in [0, 0.05) is 19.2 Å². The van der Waals surface area contributed by atoms with Crippen LogP contribution in [0.1, 0.15) is 27.7 Å². The first kappa shape index (κ1) is 14.4. The summed E-state index contributed by atoms with van der Waals surface area (Å²) in [6.07, 6.45) is 0. The first-order valence-corrected chi connectivity index (χ1v) is 5.69. The lowest BCUT2D eigenvalue weighted by Crippen LogP contribution is -2.41. The van der Waals surface area contributed by atoms with Crippen molar-refractivity contribution in [1.29, 1.82) is 0 Å². The van der Waals surface area contributed by atoms with Crippen molar-refractivity contribution in [3.05, 3.63) is 0 Å². The van der Waals surface area contributed by atoms with E-state index in [1.807, 2.05) is 20.8 Å². The first-order chi connectivity index (χ1) is 7.10. The summed E-state index contributed by atoms with van der Waals surface area (Å²) in [6.45, 7) is 11.5. The van der Waals surface area contributed by atoms with E-state index in [0.717, 1.165) is 19.7 Å². The Bertz CT molecular complexity index is 172. The lowest BCUT2D eigenvalue weighted by molar-refractivity contribution is -0.122. The molecule has 0 spiro atoms. The fourth-order valence-corrected chi connectivity index (χ4v) is 1.26. The molecule has 90 valence electrons. The average Bonchev–Trinajstić information content (AvgIpc) is 2.15. The Morgan fingerprint density at radius 3 is 2.53 bits per heavy atom. The molecule has 0 aliphatic carbocycles. The third-order valence-electron chi connectivity index (χ3n) is 2.02. The van der Waals surface area contributed by atoms with E-state index in [1.165, 1.54) is 0 Å². The van der Waals surface area contributed by atoms with E-state index in [4.69, 9.17) is 4.74 Å². The second-order valence-electron chi connectivity index (χ2n) is 3.79. The predicted octanol–water partition coefficient (Wildman–Crippen LogP) is 0.869. The van der Waals surface area contributed by atoms with E-state index in [1.54, 1.807) is 0 Å². The summed E-state index contributed by atoms with van der Waals surface area (Å²) >= 11 is 0. The van der Waals surface area contributed by atoms with Gasteiger partial charge in [0.15, 0.2) is 0 Å². The Morgan fingerprint density at radius 2 is 2.07 bits per heavy atom. The third kappa shape index (κ3) is 8.39. The second kappa shape index (κ2) is 8.68. The topological polar surface area (TPSA) is 41.6 Å². The quantitative estimate of drug-likeness (QED) is 0.612. The summed E-state index contributed by atoms with van der Waals surface area (Å²) in [4.78, 5) is 13.5. The number of ether oxygens (including phenoxy) is 1. The van der Waals surface area contributed by atoms with Crippen LogP contribution in [-0.4, -0.2) is 49.7 Å². The van der Waals surface area contributed by atoms with E-state index in [-0.39, 0.29) is 11.9 Å². The summed E-state index contributed by atoms with van der Waals surface area (Å²) in [6, 6.07) is 0.211. The lowest BCUT2D eigenvalue weighted by Gasteiger charge is -2.20. The van der Waals surface area contributed by atoms with Gasteiger partial charge in [0.05, 0.1) is 13.2 Å². The standard InChI is InChI=1S/C11H24N2O2/c1-5-13(7-8-15-6-2)9-11(14)12-10(3)4/h10H,5-9H2,1-4H3,(H,12,14). The van der Waals surface area contributed by atoms with Crippen molar-refractivity contribution in [3.8, 4) is 0 Å². The maximum Gasteiger partial charge on any atom is 0.234 e. The van der Waals surface area contributed by atoms with Crippen LogP contribution >= 0.6 is 0 Å². The van der Waals surface area contributed by atoms with Gasteiger partial charge in [0.25, 0.3) is 0 Å². The molecule has 4 nitrogen and oxygen atoms in total. The van der Waals surface area contributed by atoms with Gasteiger partial charge in [-0.25, -0.2) is 0 Å². The third-order valence-corrected chi connectivity index (χ3v) is 2.02. The fraction of sp³-hybridized carbons (Fsp3) is 0.909. The van der Waals surface area contributed by atoms with Gasteiger partial charge in [0.1, 0.15) is 0 Å². The molecule has 0 saturated heterocycles. The van der Waals surface area contributed by atoms with Crippen molar-refractivity contribution in [2.75, 3.05) is 32.8 Å². The lowest BCUT2D eigenvalue weighted by atomic mass is 10.3. The minimum atomic E-state index is 0.0864. The second-order valence-corrected chi connectivity index (χ2v) is 3.79. The number of carbonyl (C=O) groups is 1. The van der Waals surface area contributed by atoms with E-state index in [9.17, 15) is 4.79 Å². The molecule has 0 aliphatic heterocycles. The summed E-state index contributed by atoms with van der Waals surface area (Å²) < 4.78 is 5.26.